The van der Waals surface area contributed by atoms with Gasteiger partial charge in [0, 0.05) is 17.9 Å². The summed E-state index contributed by atoms with van der Waals surface area (Å²) in [4.78, 5) is 35.8. The molecule has 0 fully saturated rings. The molecule has 33 heavy (non-hydrogen) atoms. The van der Waals surface area contributed by atoms with Gasteiger partial charge in [-0.2, -0.15) is 0 Å². The average molecular weight is 460 g/mol. The number of anilines is 2. The number of hydrogen-bond donors (Lipinski definition) is 0. The SMILES string of the molecule is CCc1cccc(CC)c1N(C(C)=O)c1nc(C=C2N=C(c3ccccc3C)OC2=O)cs1. The Morgan fingerprint density at radius 3 is 2.42 bits per heavy atom. The van der Waals surface area contributed by atoms with Crippen LogP contribution in [0.5, 0.6) is 0 Å². The first kappa shape index (κ1) is 22.6. The van der Waals surface area contributed by atoms with Crippen LogP contribution < -0.4 is 4.90 Å². The number of cyclic esters (lactones) is 1. The van der Waals surface area contributed by atoms with Crippen LogP contribution in [0.2, 0.25) is 0 Å². The lowest BCUT2D eigenvalue weighted by molar-refractivity contribution is -0.130. The topological polar surface area (TPSA) is 71.9 Å². The van der Waals surface area contributed by atoms with E-state index in [1.807, 2.05) is 54.8 Å². The van der Waals surface area contributed by atoms with E-state index in [0.717, 1.165) is 40.8 Å². The molecule has 168 valence electrons. The number of rotatable bonds is 6. The fourth-order valence-electron chi connectivity index (χ4n) is 3.81. The number of amides is 1. The van der Waals surface area contributed by atoms with Gasteiger partial charge in [-0.25, -0.2) is 14.8 Å². The molecule has 2 heterocycles. The lowest BCUT2D eigenvalue weighted by atomic mass is 10.0. The Hall–Kier alpha value is -3.58. The van der Waals surface area contributed by atoms with Crippen molar-refractivity contribution in [3.05, 3.63) is 81.5 Å². The summed E-state index contributed by atoms with van der Waals surface area (Å²) >= 11 is 1.35. The number of carbonyl (C=O) groups excluding carboxylic acids is 2. The van der Waals surface area contributed by atoms with Crippen LogP contribution in [0.4, 0.5) is 10.8 Å². The molecule has 4 rings (SSSR count). The molecule has 2 aromatic carbocycles. The van der Waals surface area contributed by atoms with Gasteiger partial charge in [-0.05, 0) is 48.6 Å². The highest BCUT2D eigenvalue weighted by molar-refractivity contribution is 7.14. The number of aromatic nitrogens is 1. The monoisotopic (exact) mass is 459 g/mol. The fraction of sp³-hybridized carbons (Fsp3) is 0.231. The number of aryl methyl sites for hydroxylation is 3. The Morgan fingerprint density at radius 2 is 1.79 bits per heavy atom. The zero-order chi connectivity index (χ0) is 23.5. The lowest BCUT2D eigenvalue weighted by Crippen LogP contribution is -2.25. The van der Waals surface area contributed by atoms with E-state index >= 15 is 0 Å². The molecule has 0 atom stereocenters. The second-order valence-corrected chi connectivity index (χ2v) is 8.53. The molecule has 7 heteroatoms. The zero-order valence-electron chi connectivity index (χ0n) is 19.1. The van der Waals surface area contributed by atoms with Crippen molar-refractivity contribution in [2.24, 2.45) is 4.99 Å². The molecule has 1 amide bonds. The molecule has 6 nitrogen and oxygen atoms in total. The lowest BCUT2D eigenvalue weighted by Gasteiger charge is -2.24. The molecule has 0 aliphatic carbocycles. The number of hydrogen-bond acceptors (Lipinski definition) is 6. The van der Waals surface area contributed by atoms with Crippen LogP contribution in [0.25, 0.3) is 6.08 Å². The van der Waals surface area contributed by atoms with Crippen LogP contribution in [0.15, 0.2) is 58.5 Å². The van der Waals surface area contributed by atoms with Crippen LogP contribution in [-0.2, 0) is 27.2 Å². The minimum atomic E-state index is -0.518. The second-order valence-electron chi connectivity index (χ2n) is 7.69. The van der Waals surface area contributed by atoms with Gasteiger partial charge in [0.05, 0.1) is 11.4 Å². The van der Waals surface area contributed by atoms with Gasteiger partial charge in [-0.1, -0.05) is 50.2 Å². The summed E-state index contributed by atoms with van der Waals surface area (Å²) in [6.07, 6.45) is 3.20. The molecule has 1 aliphatic heterocycles. The summed E-state index contributed by atoms with van der Waals surface area (Å²) in [6.45, 7) is 7.63. The van der Waals surface area contributed by atoms with Crippen molar-refractivity contribution in [3.63, 3.8) is 0 Å². The van der Waals surface area contributed by atoms with E-state index in [1.165, 1.54) is 11.3 Å². The predicted molar refractivity (Wildman–Crippen MR) is 132 cm³/mol. The highest BCUT2D eigenvalue weighted by atomic mass is 32.1. The van der Waals surface area contributed by atoms with Crippen molar-refractivity contribution in [2.45, 2.75) is 40.5 Å². The maximum Gasteiger partial charge on any atom is 0.363 e. The van der Waals surface area contributed by atoms with Crippen LogP contribution in [0.1, 0.15) is 48.7 Å². The molecular formula is C26H25N3O3S. The summed E-state index contributed by atoms with van der Waals surface area (Å²) in [5.74, 6) is -0.343. The number of para-hydroxylation sites is 1. The number of carbonyl (C=O) groups is 2. The first-order valence-electron chi connectivity index (χ1n) is 10.9. The molecule has 0 spiro atoms. The number of nitrogens with zero attached hydrogens (tertiary/aromatic N) is 3. The van der Waals surface area contributed by atoms with Crippen LogP contribution in [-0.4, -0.2) is 22.8 Å². The van der Waals surface area contributed by atoms with E-state index in [9.17, 15) is 9.59 Å². The molecule has 0 unspecified atom stereocenters. The number of thiazole rings is 1. The van der Waals surface area contributed by atoms with Crippen LogP contribution in [0.3, 0.4) is 0 Å². The van der Waals surface area contributed by atoms with Gasteiger partial charge in [0.1, 0.15) is 0 Å². The summed E-state index contributed by atoms with van der Waals surface area (Å²) in [7, 11) is 0. The van der Waals surface area contributed by atoms with E-state index in [1.54, 1.807) is 17.9 Å². The molecule has 1 aliphatic rings. The Balaban J connectivity index is 1.70. The number of benzene rings is 2. The predicted octanol–water partition coefficient (Wildman–Crippen LogP) is 5.61. The van der Waals surface area contributed by atoms with E-state index in [2.05, 4.69) is 23.8 Å². The number of aliphatic imine (C=N–C) groups is 1. The molecule has 0 saturated heterocycles. The van der Waals surface area contributed by atoms with E-state index in [-0.39, 0.29) is 17.5 Å². The number of ether oxygens (including phenoxy) is 1. The van der Waals surface area contributed by atoms with Crippen molar-refractivity contribution in [2.75, 3.05) is 4.90 Å². The first-order chi connectivity index (χ1) is 15.9. The Morgan fingerprint density at radius 1 is 1.09 bits per heavy atom. The summed E-state index contributed by atoms with van der Waals surface area (Å²) in [5, 5.41) is 2.37. The maximum atomic E-state index is 12.7. The van der Waals surface area contributed by atoms with Gasteiger partial charge < -0.3 is 4.74 Å². The van der Waals surface area contributed by atoms with Crippen molar-refractivity contribution >= 4 is 46.0 Å². The van der Waals surface area contributed by atoms with Gasteiger partial charge in [0.25, 0.3) is 0 Å². The minimum Gasteiger partial charge on any atom is -0.402 e. The van der Waals surface area contributed by atoms with Crippen LogP contribution >= 0.6 is 11.3 Å². The molecule has 0 N–H and O–H groups in total. The Bertz CT molecular complexity index is 1270. The highest BCUT2D eigenvalue weighted by Crippen LogP contribution is 2.35. The molecule has 3 aromatic rings. The van der Waals surface area contributed by atoms with Gasteiger partial charge >= 0.3 is 5.97 Å². The zero-order valence-corrected chi connectivity index (χ0v) is 19.9. The largest absolute Gasteiger partial charge is 0.402 e. The van der Waals surface area contributed by atoms with Crippen molar-refractivity contribution in [3.8, 4) is 0 Å². The summed E-state index contributed by atoms with van der Waals surface area (Å²) in [6, 6.07) is 13.7. The van der Waals surface area contributed by atoms with Gasteiger partial charge in [-0.15, -0.1) is 11.3 Å². The Kier molecular flexibility index (Phi) is 6.51. The van der Waals surface area contributed by atoms with E-state index in [4.69, 9.17) is 4.74 Å². The van der Waals surface area contributed by atoms with Gasteiger partial charge in [0.15, 0.2) is 10.8 Å². The third kappa shape index (κ3) is 4.50. The normalized spacial score (nSPS) is 14.4. The molecule has 0 saturated carbocycles. The molecule has 0 radical (unpaired) electrons. The fourth-order valence-corrected chi connectivity index (χ4v) is 4.64. The molecule has 1 aromatic heterocycles. The second kappa shape index (κ2) is 9.50. The standard InChI is InChI=1S/C26H25N3O3S/c1-5-18-11-9-12-19(6-2)23(18)29(17(4)30)26-27-20(15-33-26)14-22-25(31)32-24(28-22)21-13-8-7-10-16(21)3/h7-15H,5-6H2,1-4H3. The third-order valence-electron chi connectivity index (χ3n) is 5.49. The quantitative estimate of drug-likeness (QED) is 0.355. The van der Waals surface area contributed by atoms with E-state index < -0.39 is 5.97 Å². The minimum absolute atomic E-state index is 0.112. The maximum absolute atomic E-state index is 12.7. The first-order valence-corrected chi connectivity index (χ1v) is 11.8. The third-order valence-corrected chi connectivity index (χ3v) is 6.33. The highest BCUT2D eigenvalue weighted by Gasteiger charge is 2.26. The van der Waals surface area contributed by atoms with Crippen molar-refractivity contribution < 1.29 is 14.3 Å². The smallest absolute Gasteiger partial charge is 0.363 e. The van der Waals surface area contributed by atoms with E-state index in [0.29, 0.717) is 10.8 Å². The molecule has 0 bridgehead atoms. The average Bonchev–Trinajstić information content (AvgIpc) is 3.41. The van der Waals surface area contributed by atoms with Crippen LogP contribution in [0, 0.1) is 6.92 Å². The van der Waals surface area contributed by atoms with Crippen molar-refractivity contribution in [1.82, 2.24) is 4.98 Å². The number of esters is 1. The molecular weight excluding hydrogens is 434 g/mol. The van der Waals surface area contributed by atoms with Gasteiger partial charge in [0.2, 0.25) is 11.8 Å². The van der Waals surface area contributed by atoms with Gasteiger partial charge in [-0.3, -0.25) is 9.69 Å². The van der Waals surface area contributed by atoms with Crippen molar-refractivity contribution in [1.29, 1.82) is 0 Å². The summed E-state index contributed by atoms with van der Waals surface area (Å²) < 4.78 is 5.39. The Labute approximate surface area is 197 Å². The summed E-state index contributed by atoms with van der Waals surface area (Å²) in [5.41, 5.74) is 5.55.